The third-order valence-corrected chi connectivity index (χ3v) is 5.52. The SMILES string of the molecule is CC(C)=CCN1Cc2cccc(N)c2NCC1Cc1ccc(Cl)c(Cl)c1. The number of anilines is 2. The van der Waals surface area contributed by atoms with Gasteiger partial charge in [-0.05, 0) is 49.6 Å². The van der Waals surface area contributed by atoms with Crippen LogP contribution in [-0.2, 0) is 13.0 Å². The number of hydrogen-bond donors (Lipinski definition) is 2. The van der Waals surface area contributed by atoms with Crippen molar-refractivity contribution in [3.05, 3.63) is 69.2 Å². The fraction of sp³-hybridized carbons (Fsp3) is 0.333. The van der Waals surface area contributed by atoms with Crippen LogP contribution in [0.25, 0.3) is 0 Å². The molecule has 3 rings (SSSR count). The monoisotopic (exact) mass is 389 g/mol. The minimum Gasteiger partial charge on any atom is -0.397 e. The van der Waals surface area contributed by atoms with Crippen LogP contribution >= 0.6 is 23.2 Å². The Bertz CT molecular complexity index is 813. The molecule has 1 atom stereocenters. The average molecular weight is 390 g/mol. The lowest BCUT2D eigenvalue weighted by Crippen LogP contribution is -2.39. The van der Waals surface area contributed by atoms with Gasteiger partial charge in [0.15, 0.2) is 0 Å². The Balaban J connectivity index is 1.87. The number of benzene rings is 2. The Morgan fingerprint density at radius 2 is 2.04 bits per heavy atom. The number of fused-ring (bicyclic) bond motifs is 1. The largest absolute Gasteiger partial charge is 0.397 e. The average Bonchev–Trinajstić information content (AvgIpc) is 2.77. The molecule has 0 aliphatic carbocycles. The molecule has 0 saturated carbocycles. The van der Waals surface area contributed by atoms with Gasteiger partial charge in [-0.1, -0.05) is 53.1 Å². The normalized spacial score (nSPS) is 17.2. The number of rotatable bonds is 4. The van der Waals surface area contributed by atoms with Crippen molar-refractivity contribution >= 4 is 34.6 Å². The highest BCUT2D eigenvalue weighted by atomic mass is 35.5. The molecule has 1 heterocycles. The van der Waals surface area contributed by atoms with Gasteiger partial charge in [-0.3, -0.25) is 4.90 Å². The number of nitrogens with one attached hydrogen (secondary N) is 1. The second-order valence-electron chi connectivity index (χ2n) is 7.08. The molecule has 2 aromatic rings. The summed E-state index contributed by atoms with van der Waals surface area (Å²) in [7, 11) is 0. The van der Waals surface area contributed by atoms with Crippen molar-refractivity contribution in [3.63, 3.8) is 0 Å². The van der Waals surface area contributed by atoms with Crippen molar-refractivity contribution in [3.8, 4) is 0 Å². The first kappa shape index (κ1) is 19.1. The number of nitrogens with two attached hydrogens (primary N) is 1. The summed E-state index contributed by atoms with van der Waals surface area (Å²) in [4.78, 5) is 2.49. The van der Waals surface area contributed by atoms with Gasteiger partial charge in [0.2, 0.25) is 0 Å². The van der Waals surface area contributed by atoms with Gasteiger partial charge in [0, 0.05) is 25.7 Å². The Morgan fingerprint density at radius 1 is 1.23 bits per heavy atom. The molecular weight excluding hydrogens is 365 g/mol. The molecule has 3 nitrogen and oxygen atoms in total. The van der Waals surface area contributed by atoms with Gasteiger partial charge in [-0.2, -0.15) is 0 Å². The van der Waals surface area contributed by atoms with Gasteiger partial charge in [-0.15, -0.1) is 0 Å². The zero-order chi connectivity index (χ0) is 18.7. The van der Waals surface area contributed by atoms with E-state index < -0.39 is 0 Å². The van der Waals surface area contributed by atoms with Crippen molar-refractivity contribution in [2.24, 2.45) is 0 Å². The number of nitrogens with zero attached hydrogens (tertiary/aromatic N) is 1. The Kier molecular flexibility index (Phi) is 6.13. The first-order valence-corrected chi connectivity index (χ1v) is 9.62. The number of nitrogen functional groups attached to an aromatic ring is 1. The van der Waals surface area contributed by atoms with E-state index in [1.54, 1.807) is 0 Å². The molecule has 138 valence electrons. The van der Waals surface area contributed by atoms with E-state index in [0.717, 1.165) is 37.4 Å². The summed E-state index contributed by atoms with van der Waals surface area (Å²) < 4.78 is 0. The fourth-order valence-corrected chi connectivity index (χ4v) is 3.64. The summed E-state index contributed by atoms with van der Waals surface area (Å²) >= 11 is 12.3. The van der Waals surface area contributed by atoms with Gasteiger partial charge in [0.05, 0.1) is 21.4 Å². The summed E-state index contributed by atoms with van der Waals surface area (Å²) in [5, 5.41) is 4.76. The van der Waals surface area contributed by atoms with E-state index in [-0.39, 0.29) is 0 Å². The molecule has 1 aliphatic heterocycles. The minimum absolute atomic E-state index is 0.328. The fourth-order valence-electron chi connectivity index (χ4n) is 3.32. The number of allylic oxidation sites excluding steroid dienone is 1. The third-order valence-electron chi connectivity index (χ3n) is 4.78. The maximum Gasteiger partial charge on any atom is 0.0620 e. The van der Waals surface area contributed by atoms with E-state index in [1.807, 2.05) is 24.3 Å². The predicted octanol–water partition coefficient (Wildman–Crippen LogP) is 5.38. The molecule has 0 bridgehead atoms. The Hall–Kier alpha value is -1.68. The van der Waals surface area contributed by atoms with E-state index in [2.05, 4.69) is 42.3 Å². The molecular formula is C21H25Cl2N3. The molecule has 0 radical (unpaired) electrons. The van der Waals surface area contributed by atoms with Crippen LogP contribution in [0.15, 0.2) is 48.0 Å². The molecule has 0 aromatic heterocycles. The third kappa shape index (κ3) is 4.53. The van der Waals surface area contributed by atoms with Crippen molar-refractivity contribution in [2.75, 3.05) is 24.1 Å². The zero-order valence-electron chi connectivity index (χ0n) is 15.2. The molecule has 1 aliphatic rings. The van der Waals surface area contributed by atoms with Gasteiger partial charge in [0.25, 0.3) is 0 Å². The molecule has 5 heteroatoms. The van der Waals surface area contributed by atoms with Crippen LogP contribution in [0.2, 0.25) is 10.0 Å². The first-order chi connectivity index (χ1) is 12.4. The maximum absolute atomic E-state index is 6.21. The van der Waals surface area contributed by atoms with Crippen LogP contribution in [0.5, 0.6) is 0 Å². The van der Waals surface area contributed by atoms with E-state index in [1.165, 1.54) is 16.7 Å². The summed E-state index contributed by atoms with van der Waals surface area (Å²) in [6.07, 6.45) is 3.17. The van der Waals surface area contributed by atoms with Crippen LogP contribution in [0.3, 0.4) is 0 Å². The highest BCUT2D eigenvalue weighted by molar-refractivity contribution is 6.42. The Labute approximate surface area is 165 Å². The second-order valence-corrected chi connectivity index (χ2v) is 7.89. The summed E-state index contributed by atoms with van der Waals surface area (Å²) in [6, 6.07) is 12.3. The van der Waals surface area contributed by atoms with E-state index in [9.17, 15) is 0 Å². The highest BCUT2D eigenvalue weighted by Gasteiger charge is 2.24. The minimum atomic E-state index is 0.328. The van der Waals surface area contributed by atoms with Crippen molar-refractivity contribution in [1.29, 1.82) is 0 Å². The summed E-state index contributed by atoms with van der Waals surface area (Å²) in [5.74, 6) is 0. The van der Waals surface area contributed by atoms with Crippen molar-refractivity contribution in [1.82, 2.24) is 4.90 Å². The van der Waals surface area contributed by atoms with Crippen LogP contribution in [0.1, 0.15) is 25.0 Å². The van der Waals surface area contributed by atoms with Crippen LogP contribution < -0.4 is 11.1 Å². The lowest BCUT2D eigenvalue weighted by Gasteiger charge is -2.29. The number of para-hydroxylation sites is 1. The zero-order valence-corrected chi connectivity index (χ0v) is 16.7. The molecule has 3 N–H and O–H groups in total. The second kappa shape index (κ2) is 8.34. The van der Waals surface area contributed by atoms with Gasteiger partial charge >= 0.3 is 0 Å². The summed E-state index contributed by atoms with van der Waals surface area (Å²) in [5.41, 5.74) is 11.8. The van der Waals surface area contributed by atoms with Crippen LogP contribution in [-0.4, -0.2) is 24.0 Å². The van der Waals surface area contributed by atoms with Crippen molar-refractivity contribution in [2.45, 2.75) is 32.9 Å². The molecule has 26 heavy (non-hydrogen) atoms. The molecule has 0 fully saturated rings. The molecule has 0 amide bonds. The Morgan fingerprint density at radius 3 is 2.77 bits per heavy atom. The van der Waals surface area contributed by atoms with Gasteiger partial charge < -0.3 is 11.1 Å². The maximum atomic E-state index is 6.21. The lowest BCUT2D eigenvalue weighted by atomic mass is 10.0. The molecule has 1 unspecified atom stereocenters. The number of halogens is 2. The van der Waals surface area contributed by atoms with Crippen molar-refractivity contribution < 1.29 is 0 Å². The predicted molar refractivity (Wildman–Crippen MR) is 113 cm³/mol. The highest BCUT2D eigenvalue weighted by Crippen LogP contribution is 2.30. The summed E-state index contributed by atoms with van der Waals surface area (Å²) in [6.45, 7) is 6.87. The molecule has 2 aromatic carbocycles. The molecule has 0 saturated heterocycles. The first-order valence-electron chi connectivity index (χ1n) is 8.86. The number of hydrogen-bond acceptors (Lipinski definition) is 3. The molecule has 0 spiro atoms. The van der Waals surface area contributed by atoms with Gasteiger partial charge in [-0.25, -0.2) is 0 Å². The standard InChI is InChI=1S/C21H25Cl2N3/c1-14(2)8-9-26-13-16-4-3-5-20(24)21(16)25-12-17(26)10-15-6-7-18(22)19(23)11-15/h3-8,11,17,25H,9-10,12-13,24H2,1-2H3. The topological polar surface area (TPSA) is 41.3 Å². The van der Waals surface area contributed by atoms with Gasteiger partial charge in [0.1, 0.15) is 0 Å². The quantitative estimate of drug-likeness (QED) is 0.544. The van der Waals surface area contributed by atoms with E-state index in [4.69, 9.17) is 28.9 Å². The smallest absolute Gasteiger partial charge is 0.0620 e. The lowest BCUT2D eigenvalue weighted by molar-refractivity contribution is 0.220. The van der Waals surface area contributed by atoms with E-state index in [0.29, 0.717) is 16.1 Å². The van der Waals surface area contributed by atoms with Crippen LogP contribution in [0.4, 0.5) is 11.4 Å². The van der Waals surface area contributed by atoms with E-state index >= 15 is 0 Å². The van der Waals surface area contributed by atoms with Crippen LogP contribution in [0, 0.1) is 0 Å².